The van der Waals surface area contributed by atoms with E-state index in [1.807, 2.05) is 0 Å². The molecule has 0 bridgehead atoms. The molecular formula is C3H5NO3. The van der Waals surface area contributed by atoms with Gasteiger partial charge in [0.1, 0.15) is 0 Å². The molecule has 7 heavy (non-hydrogen) atoms. The van der Waals surface area contributed by atoms with E-state index in [-0.39, 0.29) is 0 Å². The quantitative estimate of drug-likeness (QED) is 0.182. The minimum atomic E-state index is -0.748. The van der Waals surface area contributed by atoms with E-state index in [0.29, 0.717) is 6.26 Å². The number of amides is 1. The molecule has 0 saturated carbocycles. The topological polar surface area (TPSA) is 69.6 Å². The lowest BCUT2D eigenvalue weighted by molar-refractivity contribution is -0.124. The lowest BCUT2D eigenvalue weighted by Gasteiger charge is -1.82. The predicted molar refractivity (Wildman–Crippen MR) is 21.7 cm³/mol. The average molecular weight is 103 g/mol. The number of hydrogen-bond donors (Lipinski definition) is 3. The molecule has 40 valence electrons. The molecular weight excluding hydrogens is 98.0 g/mol. The van der Waals surface area contributed by atoms with Gasteiger partial charge in [-0.2, -0.15) is 0 Å². The van der Waals surface area contributed by atoms with Crippen LogP contribution in [0, 0.1) is 0 Å². The summed E-state index contributed by atoms with van der Waals surface area (Å²) in [5.74, 6) is -0.748. The summed E-state index contributed by atoms with van der Waals surface area (Å²) in [6.07, 6.45) is 1.31. The van der Waals surface area contributed by atoms with Crippen LogP contribution in [-0.4, -0.2) is 16.2 Å². The Morgan fingerprint density at radius 2 is 2.29 bits per heavy atom. The predicted octanol–water partition coefficient (Wildman–Crippen LogP) is -0.437. The van der Waals surface area contributed by atoms with Gasteiger partial charge in [-0.05, 0) is 0 Å². The molecule has 0 aliphatic rings. The van der Waals surface area contributed by atoms with Gasteiger partial charge < -0.3 is 5.11 Å². The molecule has 0 aliphatic heterocycles. The van der Waals surface area contributed by atoms with E-state index in [2.05, 4.69) is 0 Å². The second-order valence-corrected chi connectivity index (χ2v) is 0.792. The second kappa shape index (κ2) is 3.17. The van der Waals surface area contributed by atoms with Gasteiger partial charge >= 0.3 is 0 Å². The molecule has 0 fully saturated rings. The summed E-state index contributed by atoms with van der Waals surface area (Å²) in [4.78, 5) is 9.80. The molecule has 0 radical (unpaired) electrons. The lowest BCUT2D eigenvalue weighted by atomic mass is 10.6. The van der Waals surface area contributed by atoms with Crippen molar-refractivity contribution >= 4 is 5.91 Å². The molecule has 0 spiro atoms. The normalized spacial score (nSPS) is 9.29. The first kappa shape index (κ1) is 5.97. The highest BCUT2D eigenvalue weighted by molar-refractivity contribution is 5.85. The summed E-state index contributed by atoms with van der Waals surface area (Å²) in [5, 5.41) is 15.5. The number of aliphatic hydroxyl groups is 1. The van der Waals surface area contributed by atoms with E-state index in [1.165, 1.54) is 5.48 Å². The van der Waals surface area contributed by atoms with Crippen LogP contribution in [0.1, 0.15) is 0 Å². The van der Waals surface area contributed by atoms with Crippen LogP contribution in [0.4, 0.5) is 0 Å². The maximum atomic E-state index is 9.80. The van der Waals surface area contributed by atoms with E-state index in [9.17, 15) is 4.79 Å². The van der Waals surface area contributed by atoms with Crippen LogP contribution < -0.4 is 5.48 Å². The van der Waals surface area contributed by atoms with Gasteiger partial charge in [0.15, 0.2) is 0 Å². The van der Waals surface area contributed by atoms with Crippen molar-refractivity contribution in [1.29, 1.82) is 0 Å². The first-order chi connectivity index (χ1) is 3.31. The fourth-order valence-corrected chi connectivity index (χ4v) is 0.105. The van der Waals surface area contributed by atoms with Gasteiger partial charge in [0.25, 0.3) is 5.91 Å². The van der Waals surface area contributed by atoms with Gasteiger partial charge in [0, 0.05) is 6.08 Å². The molecule has 0 atom stereocenters. The molecule has 0 aromatic heterocycles. The van der Waals surface area contributed by atoms with Crippen LogP contribution in [0.2, 0.25) is 0 Å². The molecule has 0 unspecified atom stereocenters. The van der Waals surface area contributed by atoms with Gasteiger partial charge in [-0.1, -0.05) is 0 Å². The number of carbonyl (C=O) groups is 1. The Labute approximate surface area is 40.0 Å². The van der Waals surface area contributed by atoms with Crippen molar-refractivity contribution in [2.45, 2.75) is 0 Å². The molecule has 4 heteroatoms. The molecule has 0 aromatic rings. The summed E-state index contributed by atoms with van der Waals surface area (Å²) in [7, 11) is 0. The third kappa shape index (κ3) is 2.78. The van der Waals surface area contributed by atoms with E-state index < -0.39 is 5.91 Å². The molecule has 0 rings (SSSR count). The molecule has 4 nitrogen and oxygen atoms in total. The van der Waals surface area contributed by atoms with Crippen molar-refractivity contribution < 1.29 is 15.1 Å². The Balaban J connectivity index is 3.37. The largest absolute Gasteiger partial charge is 0.515 e. The van der Waals surface area contributed by atoms with Crippen molar-refractivity contribution in [2.24, 2.45) is 0 Å². The molecule has 3 N–H and O–H groups in total. The second-order valence-electron chi connectivity index (χ2n) is 0.792. The number of nitrogens with one attached hydrogen (secondary N) is 1. The zero-order chi connectivity index (χ0) is 5.70. The van der Waals surface area contributed by atoms with Gasteiger partial charge in [0.2, 0.25) is 0 Å². The van der Waals surface area contributed by atoms with Crippen molar-refractivity contribution in [3.05, 3.63) is 12.3 Å². The molecule has 0 heterocycles. The van der Waals surface area contributed by atoms with Gasteiger partial charge in [-0.25, -0.2) is 5.48 Å². The Bertz CT molecular complexity index is 88.2. The number of aliphatic hydroxyl groups excluding tert-OH is 1. The Kier molecular flexibility index (Phi) is 2.70. The summed E-state index contributed by atoms with van der Waals surface area (Å²) in [5.41, 5.74) is 1.28. The smallest absolute Gasteiger partial charge is 0.270 e. The monoisotopic (exact) mass is 103 g/mol. The Morgan fingerprint density at radius 3 is 2.43 bits per heavy atom. The third-order valence-electron chi connectivity index (χ3n) is 0.336. The Hall–Kier alpha value is -1.03. The summed E-state index contributed by atoms with van der Waals surface area (Å²) < 4.78 is 0. The summed E-state index contributed by atoms with van der Waals surface area (Å²) in [6, 6.07) is 0. The highest BCUT2D eigenvalue weighted by Gasteiger charge is 1.84. The fourth-order valence-electron chi connectivity index (χ4n) is 0.105. The van der Waals surface area contributed by atoms with Gasteiger partial charge in [-0.3, -0.25) is 10.0 Å². The SMILES string of the molecule is O=C(/C=C/O)NO. The van der Waals surface area contributed by atoms with Crippen LogP contribution in [0.25, 0.3) is 0 Å². The Morgan fingerprint density at radius 1 is 1.71 bits per heavy atom. The minimum Gasteiger partial charge on any atom is -0.515 e. The van der Waals surface area contributed by atoms with Crippen LogP contribution in [-0.2, 0) is 4.79 Å². The first-order valence-electron chi connectivity index (χ1n) is 1.56. The summed E-state index contributed by atoms with van der Waals surface area (Å²) in [6.45, 7) is 0. The standard InChI is InChI=1S/C3H5NO3/c5-2-1-3(6)4-7/h1-2,5,7H,(H,4,6)/b2-1+. The van der Waals surface area contributed by atoms with E-state index in [0.717, 1.165) is 6.08 Å². The summed E-state index contributed by atoms with van der Waals surface area (Å²) >= 11 is 0. The van der Waals surface area contributed by atoms with Crippen molar-refractivity contribution in [3.63, 3.8) is 0 Å². The highest BCUT2D eigenvalue weighted by Crippen LogP contribution is 1.63. The van der Waals surface area contributed by atoms with E-state index in [1.54, 1.807) is 0 Å². The third-order valence-corrected chi connectivity index (χ3v) is 0.336. The van der Waals surface area contributed by atoms with Crippen LogP contribution >= 0.6 is 0 Å². The fraction of sp³-hybridized carbons (Fsp3) is 0. The maximum absolute atomic E-state index is 9.80. The molecule has 0 aromatic carbocycles. The zero-order valence-corrected chi connectivity index (χ0v) is 3.46. The maximum Gasteiger partial charge on any atom is 0.270 e. The number of hydroxylamine groups is 1. The first-order valence-corrected chi connectivity index (χ1v) is 1.56. The van der Waals surface area contributed by atoms with E-state index >= 15 is 0 Å². The van der Waals surface area contributed by atoms with E-state index in [4.69, 9.17) is 10.3 Å². The van der Waals surface area contributed by atoms with Crippen molar-refractivity contribution in [1.82, 2.24) is 5.48 Å². The number of carbonyl (C=O) groups excluding carboxylic acids is 1. The molecule has 1 amide bonds. The van der Waals surface area contributed by atoms with Gasteiger partial charge in [0.05, 0.1) is 6.26 Å². The highest BCUT2D eigenvalue weighted by atomic mass is 16.5. The van der Waals surface area contributed by atoms with Crippen LogP contribution in [0.15, 0.2) is 12.3 Å². The van der Waals surface area contributed by atoms with Crippen molar-refractivity contribution in [2.75, 3.05) is 0 Å². The lowest BCUT2D eigenvalue weighted by Crippen LogP contribution is -2.14. The number of rotatable bonds is 1. The minimum absolute atomic E-state index is 0.533. The molecule has 0 saturated heterocycles. The van der Waals surface area contributed by atoms with Crippen LogP contribution in [0.5, 0.6) is 0 Å². The average Bonchev–Trinajstić information content (AvgIpc) is 1.68. The van der Waals surface area contributed by atoms with Gasteiger partial charge in [-0.15, -0.1) is 0 Å². The van der Waals surface area contributed by atoms with Crippen molar-refractivity contribution in [3.8, 4) is 0 Å². The van der Waals surface area contributed by atoms with Crippen LogP contribution in [0.3, 0.4) is 0 Å². The molecule has 0 aliphatic carbocycles. The zero-order valence-electron chi connectivity index (χ0n) is 3.46. The number of hydrogen-bond acceptors (Lipinski definition) is 3.